The molecule has 0 bridgehead atoms. The molecule has 0 saturated heterocycles. The van der Waals surface area contributed by atoms with Crippen molar-refractivity contribution in [1.29, 1.82) is 0 Å². The lowest BCUT2D eigenvalue weighted by Gasteiger charge is -2.16. The molecule has 2 aliphatic carbocycles. The lowest BCUT2D eigenvalue weighted by molar-refractivity contribution is -0.126. The number of amides is 2. The van der Waals surface area contributed by atoms with E-state index in [1.54, 1.807) is 0 Å². The van der Waals surface area contributed by atoms with Crippen molar-refractivity contribution < 1.29 is 9.59 Å². The second-order valence-electron chi connectivity index (χ2n) is 6.21. The van der Waals surface area contributed by atoms with Crippen LogP contribution in [0.3, 0.4) is 0 Å². The number of halogens is 1. The highest BCUT2D eigenvalue weighted by Crippen LogP contribution is 2.32. The van der Waals surface area contributed by atoms with Gasteiger partial charge in [-0.05, 0) is 31.1 Å². The van der Waals surface area contributed by atoms with E-state index in [0.717, 1.165) is 19.3 Å². The van der Waals surface area contributed by atoms with Gasteiger partial charge in [0.1, 0.15) is 0 Å². The van der Waals surface area contributed by atoms with Gasteiger partial charge in [-0.1, -0.05) is 25.7 Å². The number of carbonyl (C=O) groups is 2. The molecule has 0 aromatic rings. The van der Waals surface area contributed by atoms with Gasteiger partial charge >= 0.3 is 0 Å². The molecule has 4 N–H and O–H groups in total. The van der Waals surface area contributed by atoms with E-state index in [1.807, 2.05) is 0 Å². The average Bonchev–Trinajstić information content (AvgIpc) is 3.16. The Labute approximate surface area is 133 Å². The van der Waals surface area contributed by atoms with Crippen LogP contribution in [0.2, 0.25) is 0 Å². The molecule has 21 heavy (non-hydrogen) atoms. The van der Waals surface area contributed by atoms with Crippen molar-refractivity contribution in [2.45, 2.75) is 57.4 Å². The van der Waals surface area contributed by atoms with Gasteiger partial charge in [-0.15, -0.1) is 12.4 Å². The third kappa shape index (κ3) is 6.66. The lowest BCUT2D eigenvalue weighted by Crippen LogP contribution is -2.46. The average molecular weight is 318 g/mol. The molecule has 5 nitrogen and oxygen atoms in total. The molecule has 2 rings (SSSR count). The monoisotopic (exact) mass is 317 g/mol. The van der Waals surface area contributed by atoms with Crippen LogP contribution >= 0.6 is 12.4 Å². The molecule has 0 aliphatic heterocycles. The molecule has 0 aromatic heterocycles. The Morgan fingerprint density at radius 3 is 2.33 bits per heavy atom. The molecule has 1 atom stereocenters. The third-order valence-electron chi connectivity index (χ3n) is 4.49. The van der Waals surface area contributed by atoms with Gasteiger partial charge in [-0.25, -0.2) is 0 Å². The highest BCUT2D eigenvalue weighted by Gasteiger charge is 2.31. The summed E-state index contributed by atoms with van der Waals surface area (Å²) in [5.41, 5.74) is 5.63. The number of hydrogen-bond acceptors (Lipinski definition) is 3. The predicted octanol–water partition coefficient (Wildman–Crippen LogP) is 1.35. The maximum Gasteiger partial charge on any atom is 0.239 e. The quantitative estimate of drug-likeness (QED) is 0.632. The number of nitrogens with one attached hydrogen (secondary N) is 2. The van der Waals surface area contributed by atoms with Gasteiger partial charge < -0.3 is 16.4 Å². The predicted molar refractivity (Wildman–Crippen MR) is 85.2 cm³/mol. The maximum absolute atomic E-state index is 11.7. The number of hydrogen-bond donors (Lipinski definition) is 3. The van der Waals surface area contributed by atoms with Crippen LogP contribution in [0.25, 0.3) is 0 Å². The Kier molecular flexibility index (Phi) is 8.04. The van der Waals surface area contributed by atoms with Gasteiger partial charge in [0.2, 0.25) is 11.8 Å². The van der Waals surface area contributed by atoms with E-state index < -0.39 is 0 Å². The van der Waals surface area contributed by atoms with Crippen molar-refractivity contribution >= 4 is 24.2 Å². The summed E-state index contributed by atoms with van der Waals surface area (Å²) in [7, 11) is 0. The molecule has 0 spiro atoms. The molecule has 6 heteroatoms. The zero-order valence-corrected chi connectivity index (χ0v) is 13.4. The van der Waals surface area contributed by atoms with Crippen molar-refractivity contribution in [3.8, 4) is 0 Å². The van der Waals surface area contributed by atoms with Crippen LogP contribution in [0, 0.1) is 11.8 Å². The molecular formula is C15H28ClN3O2. The van der Waals surface area contributed by atoms with E-state index in [9.17, 15) is 9.59 Å². The van der Waals surface area contributed by atoms with Gasteiger partial charge in [0.05, 0.1) is 6.54 Å². The van der Waals surface area contributed by atoms with Gasteiger partial charge in [0, 0.05) is 19.0 Å². The van der Waals surface area contributed by atoms with Gasteiger partial charge in [0.25, 0.3) is 0 Å². The fraction of sp³-hybridized carbons (Fsp3) is 0.867. The maximum atomic E-state index is 11.7. The van der Waals surface area contributed by atoms with Gasteiger partial charge in [0.15, 0.2) is 0 Å². The summed E-state index contributed by atoms with van der Waals surface area (Å²) >= 11 is 0. The first-order valence-corrected chi connectivity index (χ1v) is 7.95. The smallest absolute Gasteiger partial charge is 0.239 e. The van der Waals surface area contributed by atoms with Crippen LogP contribution in [-0.2, 0) is 9.59 Å². The summed E-state index contributed by atoms with van der Waals surface area (Å²) in [6.07, 6.45) is 8.92. The molecule has 0 radical (unpaired) electrons. The number of rotatable bonds is 8. The van der Waals surface area contributed by atoms with E-state index in [2.05, 4.69) is 10.6 Å². The second kappa shape index (κ2) is 9.26. The zero-order chi connectivity index (χ0) is 14.4. The van der Waals surface area contributed by atoms with E-state index >= 15 is 0 Å². The topological polar surface area (TPSA) is 84.2 Å². The van der Waals surface area contributed by atoms with Gasteiger partial charge in [-0.3, -0.25) is 9.59 Å². The highest BCUT2D eigenvalue weighted by molar-refractivity contribution is 5.85. The van der Waals surface area contributed by atoms with Crippen LogP contribution < -0.4 is 16.4 Å². The minimum absolute atomic E-state index is 0. The third-order valence-corrected chi connectivity index (χ3v) is 4.49. The van der Waals surface area contributed by atoms with Crippen LogP contribution in [0.4, 0.5) is 0 Å². The second-order valence-corrected chi connectivity index (χ2v) is 6.21. The first-order valence-electron chi connectivity index (χ1n) is 7.95. The normalized spacial score (nSPS) is 19.7. The fourth-order valence-corrected chi connectivity index (χ4v) is 3.03. The van der Waals surface area contributed by atoms with Crippen molar-refractivity contribution in [3.05, 3.63) is 0 Å². The summed E-state index contributed by atoms with van der Waals surface area (Å²) in [6, 6.07) is 0.0814. The Morgan fingerprint density at radius 1 is 1.10 bits per heavy atom. The van der Waals surface area contributed by atoms with E-state index in [0.29, 0.717) is 24.8 Å². The molecule has 2 saturated carbocycles. The van der Waals surface area contributed by atoms with Crippen LogP contribution in [0.5, 0.6) is 0 Å². The molecule has 2 fully saturated rings. The molecule has 122 valence electrons. The first kappa shape index (κ1) is 18.2. The first-order chi connectivity index (χ1) is 9.69. The van der Waals surface area contributed by atoms with Crippen LogP contribution in [0.1, 0.15) is 51.4 Å². The van der Waals surface area contributed by atoms with Crippen LogP contribution in [0.15, 0.2) is 0 Å². The minimum Gasteiger partial charge on any atom is -0.350 e. The summed E-state index contributed by atoms with van der Waals surface area (Å²) < 4.78 is 0. The Balaban J connectivity index is 0.00000220. The molecule has 1 unspecified atom stereocenters. The summed E-state index contributed by atoms with van der Waals surface area (Å²) in [4.78, 5) is 23.4. The van der Waals surface area contributed by atoms with Crippen LogP contribution in [-0.4, -0.2) is 30.9 Å². The van der Waals surface area contributed by atoms with Crippen molar-refractivity contribution in [2.24, 2.45) is 17.6 Å². The standard InChI is InChI=1S/C15H27N3O2.ClH/c16-9-13(12-6-7-12)18-15(20)10-17-14(19)8-5-11-3-1-2-4-11;/h11-13H,1-10,16H2,(H,17,19)(H,18,20);1H. The molecule has 0 heterocycles. The Bertz CT molecular complexity index is 342. The van der Waals surface area contributed by atoms with Gasteiger partial charge in [-0.2, -0.15) is 0 Å². The lowest BCUT2D eigenvalue weighted by atomic mass is 10.0. The fourth-order valence-electron chi connectivity index (χ4n) is 3.03. The summed E-state index contributed by atoms with van der Waals surface area (Å²) in [5, 5.41) is 5.61. The number of carbonyl (C=O) groups excluding carboxylic acids is 2. The SMILES string of the molecule is Cl.NCC(NC(=O)CNC(=O)CCC1CCCC1)C1CC1. The molecular weight excluding hydrogens is 290 g/mol. The minimum atomic E-state index is -0.124. The highest BCUT2D eigenvalue weighted by atomic mass is 35.5. The largest absolute Gasteiger partial charge is 0.350 e. The van der Waals surface area contributed by atoms with E-state index in [4.69, 9.17) is 5.73 Å². The summed E-state index contributed by atoms with van der Waals surface area (Å²) in [6.45, 7) is 0.554. The van der Waals surface area contributed by atoms with Crippen molar-refractivity contribution in [2.75, 3.05) is 13.1 Å². The Hall–Kier alpha value is -0.810. The van der Waals surface area contributed by atoms with Crippen molar-refractivity contribution in [1.82, 2.24) is 10.6 Å². The molecule has 2 aliphatic rings. The van der Waals surface area contributed by atoms with E-state index in [1.165, 1.54) is 25.7 Å². The molecule has 0 aromatic carbocycles. The number of nitrogens with two attached hydrogens (primary N) is 1. The molecule has 2 amide bonds. The van der Waals surface area contributed by atoms with E-state index in [-0.39, 0.29) is 36.8 Å². The zero-order valence-electron chi connectivity index (χ0n) is 12.6. The Morgan fingerprint density at radius 2 is 1.76 bits per heavy atom. The summed E-state index contributed by atoms with van der Waals surface area (Å²) in [5.74, 6) is 1.12. The van der Waals surface area contributed by atoms with Crippen molar-refractivity contribution in [3.63, 3.8) is 0 Å².